The summed E-state index contributed by atoms with van der Waals surface area (Å²) in [4.78, 5) is 37.6. The third-order valence-corrected chi connectivity index (χ3v) is 2.75. The van der Waals surface area contributed by atoms with Crippen molar-refractivity contribution in [2.75, 3.05) is 13.2 Å². The molecule has 1 aromatic carbocycles. The highest BCUT2D eigenvalue weighted by Crippen LogP contribution is 2.29. The number of benzene rings is 1. The van der Waals surface area contributed by atoms with Crippen molar-refractivity contribution in [3.63, 3.8) is 0 Å². The molecule has 7 heteroatoms. The molecule has 1 aromatic heterocycles. The van der Waals surface area contributed by atoms with Crippen LogP contribution in [0.4, 0.5) is 4.39 Å². The lowest BCUT2D eigenvalue weighted by atomic mass is 10.1. The molecule has 21 heavy (non-hydrogen) atoms. The van der Waals surface area contributed by atoms with Gasteiger partial charge in [-0.15, -0.1) is 0 Å². The predicted octanol–water partition coefficient (Wildman–Crippen LogP) is 1.36. The molecule has 0 unspecified atom stereocenters. The van der Waals surface area contributed by atoms with E-state index in [1.807, 2.05) is 0 Å². The first-order chi connectivity index (χ1) is 10.0. The third-order valence-electron chi connectivity index (χ3n) is 2.75. The first kappa shape index (κ1) is 14.7. The average Bonchev–Trinajstić information content (AvgIpc) is 2.88. The van der Waals surface area contributed by atoms with Crippen LogP contribution in [0, 0.1) is 0 Å². The number of ether oxygens (including phenoxy) is 1. The summed E-state index contributed by atoms with van der Waals surface area (Å²) < 4.78 is 17.1. The second kappa shape index (κ2) is 6.17. The van der Waals surface area contributed by atoms with Gasteiger partial charge in [-0.3, -0.25) is 14.4 Å². The van der Waals surface area contributed by atoms with Crippen molar-refractivity contribution in [1.29, 1.82) is 0 Å². The summed E-state index contributed by atoms with van der Waals surface area (Å²) >= 11 is 0. The van der Waals surface area contributed by atoms with Crippen LogP contribution >= 0.6 is 0 Å². The zero-order valence-electron chi connectivity index (χ0n) is 11.2. The topological polar surface area (TPSA) is 88.3 Å². The molecule has 0 atom stereocenters. The second-order valence-electron chi connectivity index (χ2n) is 4.25. The van der Waals surface area contributed by atoms with Crippen LogP contribution in [0.25, 0.3) is 10.9 Å². The lowest BCUT2D eigenvalue weighted by molar-refractivity contribution is -0.131. The van der Waals surface area contributed by atoms with E-state index >= 15 is 0 Å². The van der Waals surface area contributed by atoms with Gasteiger partial charge in [0, 0.05) is 25.2 Å². The normalized spacial score (nSPS) is 10.4. The van der Waals surface area contributed by atoms with Gasteiger partial charge >= 0.3 is 5.97 Å². The molecule has 0 radical (unpaired) electrons. The summed E-state index contributed by atoms with van der Waals surface area (Å²) in [6.45, 7) is 0.246. The number of nitrogens with one attached hydrogen (secondary N) is 2. The molecule has 2 aromatic rings. The lowest BCUT2D eigenvalue weighted by Gasteiger charge is -2.05. The molecular weight excluding hydrogens is 279 g/mol. The number of aromatic nitrogens is 1. The van der Waals surface area contributed by atoms with Crippen LogP contribution in [0.2, 0.25) is 0 Å². The van der Waals surface area contributed by atoms with Crippen molar-refractivity contribution in [3.8, 4) is 5.75 Å². The summed E-state index contributed by atoms with van der Waals surface area (Å²) in [5.41, 5.74) is 0.619. The van der Waals surface area contributed by atoms with Gasteiger partial charge in [0.2, 0.25) is 0 Å². The molecule has 0 saturated heterocycles. The molecule has 0 fully saturated rings. The van der Waals surface area contributed by atoms with Gasteiger partial charge in [-0.05, 0) is 12.1 Å². The maximum atomic E-state index is 12.1. The van der Waals surface area contributed by atoms with Crippen LogP contribution in [0.3, 0.4) is 0 Å². The predicted molar refractivity (Wildman–Crippen MR) is 72.9 cm³/mol. The Balaban J connectivity index is 2.42. The van der Waals surface area contributed by atoms with Gasteiger partial charge < -0.3 is 15.0 Å². The van der Waals surface area contributed by atoms with Crippen molar-refractivity contribution < 1.29 is 23.5 Å². The number of alkyl halides is 1. The van der Waals surface area contributed by atoms with E-state index in [2.05, 4.69) is 10.3 Å². The SMILES string of the molecule is CC(=O)Oc1cccc2[nH]cc(C(=O)C(=O)NCCF)c12. The Bertz CT molecular complexity index is 708. The van der Waals surface area contributed by atoms with Crippen molar-refractivity contribution in [2.45, 2.75) is 6.92 Å². The number of carbonyl (C=O) groups is 3. The van der Waals surface area contributed by atoms with Crippen LogP contribution in [0.5, 0.6) is 5.75 Å². The number of halogens is 1. The smallest absolute Gasteiger partial charge is 0.308 e. The standard InChI is InChI=1S/C14H13FN2O4/c1-8(18)21-11-4-2-3-10-12(11)9(7-17-10)13(19)14(20)16-6-5-15/h2-4,7,17H,5-6H2,1H3,(H,16,20). The van der Waals surface area contributed by atoms with E-state index in [1.54, 1.807) is 12.1 Å². The number of ketones is 1. The summed E-state index contributed by atoms with van der Waals surface area (Å²) in [5, 5.41) is 2.50. The number of Topliss-reactive ketones (excluding diaryl/α,β-unsaturated/α-hetero) is 1. The minimum absolute atomic E-state index is 0.0678. The number of amides is 1. The molecule has 0 aliphatic heterocycles. The molecule has 0 saturated carbocycles. The van der Waals surface area contributed by atoms with Crippen LogP contribution in [-0.2, 0) is 9.59 Å². The molecule has 0 aliphatic carbocycles. The number of hydrogen-bond acceptors (Lipinski definition) is 4. The average molecular weight is 292 g/mol. The van der Waals surface area contributed by atoms with Gasteiger partial charge in [-0.2, -0.15) is 0 Å². The van der Waals surface area contributed by atoms with Crippen molar-refractivity contribution in [3.05, 3.63) is 30.0 Å². The third kappa shape index (κ3) is 3.07. The van der Waals surface area contributed by atoms with Crippen molar-refractivity contribution in [2.24, 2.45) is 0 Å². The maximum Gasteiger partial charge on any atom is 0.308 e. The van der Waals surface area contributed by atoms with Crippen LogP contribution in [-0.4, -0.2) is 35.9 Å². The Morgan fingerprint density at radius 2 is 2.10 bits per heavy atom. The number of fused-ring (bicyclic) bond motifs is 1. The van der Waals surface area contributed by atoms with E-state index < -0.39 is 24.3 Å². The molecule has 110 valence electrons. The van der Waals surface area contributed by atoms with Gasteiger partial charge in [0.1, 0.15) is 12.4 Å². The molecule has 0 spiro atoms. The van der Waals surface area contributed by atoms with Crippen LogP contribution in [0.15, 0.2) is 24.4 Å². The summed E-state index contributed by atoms with van der Waals surface area (Å²) in [6, 6.07) is 4.85. The Morgan fingerprint density at radius 1 is 1.33 bits per heavy atom. The highest BCUT2D eigenvalue weighted by Gasteiger charge is 2.22. The van der Waals surface area contributed by atoms with Gasteiger partial charge in [0.25, 0.3) is 11.7 Å². The number of H-pyrrole nitrogens is 1. The van der Waals surface area contributed by atoms with Gasteiger partial charge in [0.15, 0.2) is 0 Å². The van der Waals surface area contributed by atoms with Gasteiger partial charge in [0.05, 0.1) is 10.9 Å². The number of hydrogen-bond donors (Lipinski definition) is 2. The van der Waals surface area contributed by atoms with E-state index in [4.69, 9.17) is 4.74 Å². The Morgan fingerprint density at radius 3 is 2.76 bits per heavy atom. The number of aromatic amines is 1. The van der Waals surface area contributed by atoms with Gasteiger partial charge in [-0.25, -0.2) is 4.39 Å². The number of carbonyl (C=O) groups excluding carboxylic acids is 3. The zero-order chi connectivity index (χ0) is 15.4. The fourth-order valence-corrected chi connectivity index (χ4v) is 1.93. The highest BCUT2D eigenvalue weighted by molar-refractivity contribution is 6.45. The Labute approximate surface area is 119 Å². The molecule has 2 N–H and O–H groups in total. The summed E-state index contributed by atoms with van der Waals surface area (Å²) in [7, 11) is 0. The molecule has 2 rings (SSSR count). The van der Waals surface area contributed by atoms with E-state index in [1.165, 1.54) is 19.2 Å². The quantitative estimate of drug-likeness (QED) is 0.377. The molecule has 1 heterocycles. The first-order valence-corrected chi connectivity index (χ1v) is 6.21. The Kier molecular flexibility index (Phi) is 4.32. The van der Waals surface area contributed by atoms with E-state index in [0.29, 0.717) is 10.9 Å². The second-order valence-corrected chi connectivity index (χ2v) is 4.25. The minimum atomic E-state index is -0.911. The number of esters is 1. The molecule has 1 amide bonds. The fraction of sp³-hybridized carbons (Fsp3) is 0.214. The molecule has 0 bridgehead atoms. The first-order valence-electron chi connectivity index (χ1n) is 6.21. The van der Waals surface area contributed by atoms with E-state index in [-0.39, 0.29) is 17.9 Å². The zero-order valence-corrected chi connectivity index (χ0v) is 11.2. The molecule has 6 nitrogen and oxygen atoms in total. The largest absolute Gasteiger partial charge is 0.426 e. The van der Waals surface area contributed by atoms with Gasteiger partial charge in [-0.1, -0.05) is 6.07 Å². The van der Waals surface area contributed by atoms with E-state index in [0.717, 1.165) is 0 Å². The molecule has 0 aliphatic rings. The Hall–Kier alpha value is -2.70. The van der Waals surface area contributed by atoms with Crippen molar-refractivity contribution in [1.82, 2.24) is 10.3 Å². The highest BCUT2D eigenvalue weighted by atomic mass is 19.1. The minimum Gasteiger partial charge on any atom is -0.426 e. The van der Waals surface area contributed by atoms with E-state index in [9.17, 15) is 18.8 Å². The van der Waals surface area contributed by atoms with Crippen LogP contribution in [0.1, 0.15) is 17.3 Å². The fourth-order valence-electron chi connectivity index (χ4n) is 1.93. The summed E-state index contributed by atoms with van der Waals surface area (Å²) in [5.74, 6) is -2.09. The van der Waals surface area contributed by atoms with Crippen molar-refractivity contribution >= 4 is 28.6 Å². The maximum absolute atomic E-state index is 12.1. The van der Waals surface area contributed by atoms with Crippen LogP contribution < -0.4 is 10.1 Å². The number of rotatable bonds is 5. The monoisotopic (exact) mass is 292 g/mol. The lowest BCUT2D eigenvalue weighted by Crippen LogP contribution is -2.32. The molecular formula is C14H13FN2O4. The summed E-state index contributed by atoms with van der Waals surface area (Å²) in [6.07, 6.45) is 1.36.